The second-order valence-corrected chi connectivity index (χ2v) is 4.43. The van der Waals surface area contributed by atoms with Gasteiger partial charge < -0.3 is 10.8 Å². The maximum Gasteiger partial charge on any atom is 0.104 e. The zero-order chi connectivity index (χ0) is 12.4. The normalized spacial score (nSPS) is 12.4. The number of aryl methyl sites for hydroxylation is 2. The van der Waals surface area contributed by atoms with Gasteiger partial charge in [0.1, 0.15) is 6.10 Å². The van der Waals surface area contributed by atoms with Gasteiger partial charge in [0.05, 0.1) is 0 Å². The molecule has 0 saturated heterocycles. The Morgan fingerprint density at radius 2 is 1.82 bits per heavy atom. The van der Waals surface area contributed by atoms with Crippen molar-refractivity contribution >= 4 is 5.69 Å². The lowest BCUT2D eigenvalue weighted by Gasteiger charge is -2.15. The highest BCUT2D eigenvalue weighted by atomic mass is 16.3. The van der Waals surface area contributed by atoms with Gasteiger partial charge in [-0.2, -0.15) is 0 Å². The van der Waals surface area contributed by atoms with E-state index < -0.39 is 6.10 Å². The highest BCUT2D eigenvalue weighted by Gasteiger charge is 2.12. The largest absolute Gasteiger partial charge is 0.399 e. The van der Waals surface area contributed by atoms with E-state index in [1.165, 1.54) is 5.56 Å². The van der Waals surface area contributed by atoms with E-state index in [4.69, 9.17) is 5.73 Å². The molecule has 0 aliphatic heterocycles. The van der Waals surface area contributed by atoms with E-state index in [-0.39, 0.29) is 0 Å². The van der Waals surface area contributed by atoms with Crippen LogP contribution in [0.15, 0.2) is 42.5 Å². The zero-order valence-corrected chi connectivity index (χ0v) is 10.1. The molecule has 0 fully saturated rings. The molecule has 0 saturated carbocycles. The minimum Gasteiger partial charge on any atom is -0.399 e. The molecule has 0 aromatic heterocycles. The van der Waals surface area contributed by atoms with Gasteiger partial charge >= 0.3 is 0 Å². The molecule has 0 radical (unpaired) electrons. The lowest BCUT2D eigenvalue weighted by molar-refractivity contribution is 0.219. The number of hydrogen-bond donors (Lipinski definition) is 2. The van der Waals surface area contributed by atoms with Crippen molar-refractivity contribution in [2.45, 2.75) is 20.0 Å². The molecule has 3 N–H and O–H groups in total. The van der Waals surface area contributed by atoms with Crippen molar-refractivity contribution in [2.24, 2.45) is 0 Å². The Bertz CT molecular complexity index is 534. The quantitative estimate of drug-likeness (QED) is 0.775. The van der Waals surface area contributed by atoms with Crippen molar-refractivity contribution in [1.29, 1.82) is 0 Å². The molecular weight excluding hydrogens is 210 g/mol. The van der Waals surface area contributed by atoms with Gasteiger partial charge in [0.25, 0.3) is 0 Å². The number of rotatable bonds is 2. The van der Waals surface area contributed by atoms with Crippen LogP contribution in [0.3, 0.4) is 0 Å². The number of benzene rings is 2. The Labute approximate surface area is 102 Å². The highest BCUT2D eigenvalue weighted by Crippen LogP contribution is 2.26. The van der Waals surface area contributed by atoms with Crippen LogP contribution >= 0.6 is 0 Å². The van der Waals surface area contributed by atoms with Crippen molar-refractivity contribution in [3.05, 3.63) is 64.7 Å². The lowest BCUT2D eigenvalue weighted by atomic mass is 9.96. The summed E-state index contributed by atoms with van der Waals surface area (Å²) in [6.07, 6.45) is -0.612. The van der Waals surface area contributed by atoms with E-state index in [2.05, 4.69) is 6.07 Å². The molecule has 0 heterocycles. The van der Waals surface area contributed by atoms with Gasteiger partial charge in [-0.25, -0.2) is 0 Å². The van der Waals surface area contributed by atoms with Gasteiger partial charge in [0.15, 0.2) is 0 Å². The highest BCUT2D eigenvalue weighted by molar-refractivity contribution is 5.45. The Balaban J connectivity index is 2.40. The van der Waals surface area contributed by atoms with Gasteiger partial charge in [-0.15, -0.1) is 0 Å². The smallest absolute Gasteiger partial charge is 0.104 e. The number of aliphatic hydroxyl groups excluding tert-OH is 1. The van der Waals surface area contributed by atoms with E-state index in [1.54, 1.807) is 0 Å². The molecule has 0 amide bonds. The fourth-order valence-corrected chi connectivity index (χ4v) is 2.04. The third-order valence-electron chi connectivity index (χ3n) is 2.95. The molecule has 88 valence electrons. The molecule has 2 nitrogen and oxygen atoms in total. The predicted octanol–water partition coefficient (Wildman–Crippen LogP) is 2.97. The van der Waals surface area contributed by atoms with Gasteiger partial charge in [-0.3, -0.25) is 0 Å². The van der Waals surface area contributed by atoms with Crippen molar-refractivity contribution in [3.63, 3.8) is 0 Å². The van der Waals surface area contributed by atoms with Crippen molar-refractivity contribution < 1.29 is 5.11 Å². The number of aliphatic hydroxyl groups is 1. The molecule has 0 bridgehead atoms. The van der Waals surface area contributed by atoms with Crippen molar-refractivity contribution in [1.82, 2.24) is 0 Å². The van der Waals surface area contributed by atoms with Gasteiger partial charge in [-0.05, 0) is 42.7 Å². The van der Waals surface area contributed by atoms with Crippen LogP contribution in [0.4, 0.5) is 5.69 Å². The van der Waals surface area contributed by atoms with E-state index in [0.717, 1.165) is 16.7 Å². The Morgan fingerprint density at radius 3 is 2.47 bits per heavy atom. The molecule has 0 aliphatic rings. The lowest BCUT2D eigenvalue weighted by Crippen LogP contribution is -2.02. The molecule has 1 unspecified atom stereocenters. The van der Waals surface area contributed by atoms with E-state index in [0.29, 0.717) is 5.69 Å². The summed E-state index contributed by atoms with van der Waals surface area (Å²) in [6.45, 7) is 4.06. The van der Waals surface area contributed by atoms with E-state index in [1.807, 2.05) is 50.2 Å². The predicted molar refractivity (Wildman–Crippen MR) is 70.8 cm³/mol. The van der Waals surface area contributed by atoms with Crippen LogP contribution in [-0.4, -0.2) is 5.11 Å². The maximum atomic E-state index is 10.3. The van der Waals surface area contributed by atoms with Crippen LogP contribution < -0.4 is 5.73 Å². The number of anilines is 1. The Kier molecular flexibility index (Phi) is 3.16. The third-order valence-corrected chi connectivity index (χ3v) is 2.95. The van der Waals surface area contributed by atoms with Crippen LogP contribution in [0, 0.1) is 13.8 Å². The van der Waals surface area contributed by atoms with Crippen LogP contribution in [0.5, 0.6) is 0 Å². The molecule has 2 aromatic carbocycles. The molecular formula is C15H17NO. The monoisotopic (exact) mass is 227 g/mol. The minimum absolute atomic E-state index is 0.612. The van der Waals surface area contributed by atoms with Crippen LogP contribution in [-0.2, 0) is 0 Å². The van der Waals surface area contributed by atoms with Crippen LogP contribution in [0.2, 0.25) is 0 Å². The summed E-state index contributed by atoms with van der Waals surface area (Å²) in [5.74, 6) is 0. The number of nitrogens with two attached hydrogens (primary N) is 1. The standard InChI is InChI=1S/C15H17NO/c1-10-6-7-14(11(2)8-10)15(17)12-4-3-5-13(16)9-12/h3-9,15,17H,16H2,1-2H3. The minimum atomic E-state index is -0.612. The summed E-state index contributed by atoms with van der Waals surface area (Å²) in [4.78, 5) is 0. The second kappa shape index (κ2) is 4.60. The molecule has 0 aliphatic carbocycles. The summed E-state index contributed by atoms with van der Waals surface area (Å²) in [5, 5.41) is 10.3. The SMILES string of the molecule is Cc1ccc(C(O)c2cccc(N)c2)c(C)c1. The average Bonchev–Trinajstić information content (AvgIpc) is 2.28. The summed E-state index contributed by atoms with van der Waals surface area (Å²) < 4.78 is 0. The first-order valence-corrected chi connectivity index (χ1v) is 5.68. The maximum absolute atomic E-state index is 10.3. The molecule has 0 spiro atoms. The van der Waals surface area contributed by atoms with Gasteiger partial charge in [-0.1, -0.05) is 35.9 Å². The van der Waals surface area contributed by atoms with Gasteiger partial charge in [0.2, 0.25) is 0 Å². The van der Waals surface area contributed by atoms with Crippen LogP contribution in [0.1, 0.15) is 28.4 Å². The zero-order valence-electron chi connectivity index (χ0n) is 10.1. The van der Waals surface area contributed by atoms with E-state index >= 15 is 0 Å². The molecule has 1 atom stereocenters. The number of nitrogen functional groups attached to an aromatic ring is 1. The molecule has 2 aromatic rings. The topological polar surface area (TPSA) is 46.2 Å². The fraction of sp³-hybridized carbons (Fsp3) is 0.200. The first-order valence-electron chi connectivity index (χ1n) is 5.68. The Morgan fingerprint density at radius 1 is 1.06 bits per heavy atom. The fourth-order valence-electron chi connectivity index (χ4n) is 2.04. The average molecular weight is 227 g/mol. The Hall–Kier alpha value is -1.80. The van der Waals surface area contributed by atoms with Gasteiger partial charge in [0, 0.05) is 5.69 Å². The second-order valence-electron chi connectivity index (χ2n) is 4.43. The molecule has 2 rings (SSSR count). The third kappa shape index (κ3) is 2.48. The first kappa shape index (κ1) is 11.7. The van der Waals surface area contributed by atoms with Crippen molar-refractivity contribution in [2.75, 3.05) is 5.73 Å². The van der Waals surface area contributed by atoms with Crippen molar-refractivity contribution in [3.8, 4) is 0 Å². The summed E-state index contributed by atoms with van der Waals surface area (Å²) >= 11 is 0. The molecule has 2 heteroatoms. The first-order chi connectivity index (χ1) is 8.08. The summed E-state index contributed by atoms with van der Waals surface area (Å²) in [6, 6.07) is 13.4. The van der Waals surface area contributed by atoms with Crippen LogP contribution in [0.25, 0.3) is 0 Å². The summed E-state index contributed by atoms with van der Waals surface area (Å²) in [5.41, 5.74) is 10.5. The molecule has 17 heavy (non-hydrogen) atoms. The van der Waals surface area contributed by atoms with E-state index in [9.17, 15) is 5.11 Å². The number of hydrogen-bond acceptors (Lipinski definition) is 2. The summed E-state index contributed by atoms with van der Waals surface area (Å²) in [7, 11) is 0.